The standard InChI is InChI=1S/C14H17F3N2O2/c1-9-2-3-10(6-11(9)14(15,16)17)19-12(21)18-7-13(8-20)4-5-13/h2-3,6,20H,4-5,7-8H2,1H3,(H2,18,19,21). The number of alkyl halides is 3. The Morgan fingerprint density at radius 2 is 2.05 bits per heavy atom. The number of urea groups is 1. The van der Waals surface area contributed by atoms with Crippen molar-refractivity contribution in [2.24, 2.45) is 5.41 Å². The Balaban J connectivity index is 1.98. The largest absolute Gasteiger partial charge is 0.416 e. The number of hydrogen-bond acceptors (Lipinski definition) is 2. The lowest BCUT2D eigenvalue weighted by Crippen LogP contribution is -2.35. The number of nitrogens with one attached hydrogen (secondary N) is 2. The van der Waals surface area contributed by atoms with Crippen LogP contribution >= 0.6 is 0 Å². The Bertz CT molecular complexity index is 540. The Morgan fingerprint density at radius 3 is 2.57 bits per heavy atom. The molecule has 2 rings (SSSR count). The zero-order chi connectivity index (χ0) is 15.7. The molecular weight excluding hydrogens is 285 g/mol. The first kappa shape index (κ1) is 15.6. The van der Waals surface area contributed by atoms with Gasteiger partial charge in [-0.3, -0.25) is 0 Å². The number of carbonyl (C=O) groups is 1. The first-order valence-corrected chi connectivity index (χ1v) is 6.59. The van der Waals surface area contributed by atoms with Gasteiger partial charge in [0.25, 0.3) is 0 Å². The van der Waals surface area contributed by atoms with E-state index in [-0.39, 0.29) is 23.3 Å². The van der Waals surface area contributed by atoms with Crippen LogP contribution in [0, 0.1) is 12.3 Å². The van der Waals surface area contributed by atoms with E-state index in [2.05, 4.69) is 10.6 Å². The van der Waals surface area contributed by atoms with Gasteiger partial charge in [0.05, 0.1) is 12.2 Å². The molecule has 0 heterocycles. The van der Waals surface area contributed by atoms with E-state index in [1.54, 1.807) is 0 Å². The maximum atomic E-state index is 12.8. The predicted molar refractivity (Wildman–Crippen MR) is 72.0 cm³/mol. The fraction of sp³-hybridized carbons (Fsp3) is 0.500. The fourth-order valence-corrected chi connectivity index (χ4v) is 2.02. The van der Waals surface area contributed by atoms with Gasteiger partial charge in [-0.2, -0.15) is 13.2 Å². The molecule has 1 aliphatic rings. The molecule has 1 saturated carbocycles. The Hall–Kier alpha value is -1.76. The van der Waals surface area contributed by atoms with E-state index in [1.807, 2.05) is 0 Å². The molecule has 0 aromatic heterocycles. The van der Waals surface area contributed by atoms with Gasteiger partial charge >= 0.3 is 12.2 Å². The van der Waals surface area contributed by atoms with E-state index in [4.69, 9.17) is 5.11 Å². The number of benzene rings is 1. The van der Waals surface area contributed by atoms with Gasteiger partial charge in [0.2, 0.25) is 0 Å². The predicted octanol–water partition coefficient (Wildman–Crippen LogP) is 2.91. The normalized spacial score (nSPS) is 16.4. The third-order valence-corrected chi connectivity index (χ3v) is 3.72. The second kappa shape index (κ2) is 5.55. The monoisotopic (exact) mass is 302 g/mol. The smallest absolute Gasteiger partial charge is 0.396 e. The molecule has 0 aliphatic heterocycles. The third kappa shape index (κ3) is 3.87. The molecule has 1 fully saturated rings. The summed E-state index contributed by atoms with van der Waals surface area (Å²) in [5.74, 6) is 0. The van der Waals surface area contributed by atoms with E-state index in [0.717, 1.165) is 18.9 Å². The van der Waals surface area contributed by atoms with Gasteiger partial charge in [-0.25, -0.2) is 4.79 Å². The molecule has 0 atom stereocenters. The number of carbonyl (C=O) groups excluding carboxylic acids is 1. The second-order valence-corrected chi connectivity index (χ2v) is 5.49. The highest BCUT2D eigenvalue weighted by Crippen LogP contribution is 2.44. The minimum atomic E-state index is -4.45. The maximum absolute atomic E-state index is 12.8. The van der Waals surface area contributed by atoms with E-state index < -0.39 is 17.8 Å². The molecule has 0 radical (unpaired) electrons. The number of hydrogen-bond donors (Lipinski definition) is 3. The maximum Gasteiger partial charge on any atom is 0.416 e. The quantitative estimate of drug-likeness (QED) is 0.801. The summed E-state index contributed by atoms with van der Waals surface area (Å²) in [6.07, 6.45) is -2.77. The molecule has 0 bridgehead atoms. The number of aliphatic hydroxyl groups is 1. The van der Waals surface area contributed by atoms with Crippen molar-refractivity contribution in [3.8, 4) is 0 Å². The van der Waals surface area contributed by atoms with E-state index >= 15 is 0 Å². The van der Waals surface area contributed by atoms with Crippen LogP contribution in [-0.4, -0.2) is 24.3 Å². The van der Waals surface area contributed by atoms with Crippen molar-refractivity contribution in [1.82, 2.24) is 5.32 Å². The summed E-state index contributed by atoms with van der Waals surface area (Å²) in [6, 6.07) is 3.07. The van der Waals surface area contributed by atoms with Crippen LogP contribution in [0.5, 0.6) is 0 Å². The lowest BCUT2D eigenvalue weighted by Gasteiger charge is -2.15. The first-order chi connectivity index (χ1) is 9.76. The Kier molecular flexibility index (Phi) is 4.13. The van der Waals surface area contributed by atoms with Crippen LogP contribution in [0.25, 0.3) is 0 Å². The van der Waals surface area contributed by atoms with Crippen molar-refractivity contribution in [1.29, 1.82) is 0 Å². The summed E-state index contributed by atoms with van der Waals surface area (Å²) in [5, 5.41) is 14.1. The zero-order valence-corrected chi connectivity index (χ0v) is 11.5. The van der Waals surface area contributed by atoms with Gasteiger partial charge in [-0.15, -0.1) is 0 Å². The first-order valence-electron chi connectivity index (χ1n) is 6.59. The van der Waals surface area contributed by atoms with Crippen molar-refractivity contribution in [3.05, 3.63) is 29.3 Å². The molecule has 116 valence electrons. The van der Waals surface area contributed by atoms with Crippen molar-refractivity contribution in [3.63, 3.8) is 0 Å². The average molecular weight is 302 g/mol. The van der Waals surface area contributed by atoms with Crippen LogP contribution in [0.3, 0.4) is 0 Å². The molecule has 0 saturated heterocycles. The van der Waals surface area contributed by atoms with Gasteiger partial charge < -0.3 is 15.7 Å². The van der Waals surface area contributed by atoms with Crippen LogP contribution in [0.4, 0.5) is 23.7 Å². The highest BCUT2D eigenvalue weighted by Gasteiger charge is 2.42. The van der Waals surface area contributed by atoms with Crippen LogP contribution in [0.1, 0.15) is 24.0 Å². The van der Waals surface area contributed by atoms with Crippen LogP contribution in [0.15, 0.2) is 18.2 Å². The number of halogens is 3. The Labute approximate surface area is 120 Å². The second-order valence-electron chi connectivity index (χ2n) is 5.49. The van der Waals surface area contributed by atoms with Crippen molar-refractivity contribution < 1.29 is 23.1 Å². The summed E-state index contributed by atoms with van der Waals surface area (Å²) in [4.78, 5) is 11.7. The molecule has 4 nitrogen and oxygen atoms in total. The summed E-state index contributed by atoms with van der Waals surface area (Å²) in [6.45, 7) is 1.67. The minimum Gasteiger partial charge on any atom is -0.396 e. The molecule has 1 aromatic rings. The Morgan fingerprint density at radius 1 is 1.38 bits per heavy atom. The molecule has 21 heavy (non-hydrogen) atoms. The number of amides is 2. The molecule has 1 aliphatic carbocycles. The van der Waals surface area contributed by atoms with Crippen LogP contribution in [0.2, 0.25) is 0 Å². The molecular formula is C14H17F3N2O2. The van der Waals surface area contributed by atoms with Crippen molar-refractivity contribution >= 4 is 11.7 Å². The number of aryl methyl sites for hydroxylation is 1. The molecule has 3 N–H and O–H groups in total. The van der Waals surface area contributed by atoms with E-state index in [1.165, 1.54) is 19.1 Å². The summed E-state index contributed by atoms with van der Waals surface area (Å²) >= 11 is 0. The highest BCUT2D eigenvalue weighted by molar-refractivity contribution is 5.89. The highest BCUT2D eigenvalue weighted by atomic mass is 19.4. The number of anilines is 1. The molecule has 0 unspecified atom stereocenters. The number of rotatable bonds is 4. The van der Waals surface area contributed by atoms with Crippen molar-refractivity contribution in [2.45, 2.75) is 25.9 Å². The summed E-state index contributed by atoms with van der Waals surface area (Å²) in [7, 11) is 0. The fourth-order valence-electron chi connectivity index (χ4n) is 2.02. The van der Waals surface area contributed by atoms with Gasteiger partial charge in [0.1, 0.15) is 0 Å². The molecule has 0 spiro atoms. The van der Waals surface area contributed by atoms with Crippen LogP contribution < -0.4 is 10.6 Å². The lowest BCUT2D eigenvalue weighted by atomic mass is 10.1. The summed E-state index contributed by atoms with van der Waals surface area (Å²) in [5.41, 5.74) is -0.832. The van der Waals surface area contributed by atoms with Gasteiger partial charge in [0.15, 0.2) is 0 Å². The summed E-state index contributed by atoms with van der Waals surface area (Å²) < 4.78 is 38.3. The van der Waals surface area contributed by atoms with E-state index in [9.17, 15) is 18.0 Å². The van der Waals surface area contributed by atoms with Crippen molar-refractivity contribution in [2.75, 3.05) is 18.5 Å². The molecule has 2 amide bonds. The van der Waals surface area contributed by atoms with Gasteiger partial charge in [-0.05, 0) is 37.5 Å². The average Bonchev–Trinajstić information content (AvgIpc) is 3.18. The topological polar surface area (TPSA) is 61.4 Å². The van der Waals surface area contributed by atoms with E-state index in [0.29, 0.717) is 6.54 Å². The van der Waals surface area contributed by atoms with Crippen LogP contribution in [-0.2, 0) is 6.18 Å². The van der Waals surface area contributed by atoms with Gasteiger partial charge in [0, 0.05) is 17.6 Å². The minimum absolute atomic E-state index is 0.00393. The lowest BCUT2D eigenvalue weighted by molar-refractivity contribution is -0.138. The molecule has 1 aromatic carbocycles. The van der Waals surface area contributed by atoms with Gasteiger partial charge in [-0.1, -0.05) is 6.07 Å². The third-order valence-electron chi connectivity index (χ3n) is 3.72. The SMILES string of the molecule is Cc1ccc(NC(=O)NCC2(CO)CC2)cc1C(F)(F)F. The molecule has 7 heteroatoms. The zero-order valence-electron chi connectivity index (χ0n) is 11.5. The number of aliphatic hydroxyl groups excluding tert-OH is 1.